The molecule has 13 heteroatoms. The summed E-state index contributed by atoms with van der Waals surface area (Å²) in [7, 11) is -2.50. The molecule has 12 nitrogen and oxygen atoms in total. The van der Waals surface area contributed by atoms with E-state index in [4.69, 9.17) is 23.9 Å². The summed E-state index contributed by atoms with van der Waals surface area (Å²) in [6, 6.07) is 9.54. The van der Waals surface area contributed by atoms with E-state index in [1.165, 1.54) is 6.92 Å². The smallest absolute Gasteiger partial charge is 0.408 e. The maximum absolute atomic E-state index is 14.7. The Morgan fingerprint density at radius 3 is 2.40 bits per heavy atom. The van der Waals surface area contributed by atoms with E-state index in [2.05, 4.69) is 39.2 Å². The highest BCUT2D eigenvalue weighted by Crippen LogP contribution is 2.48. The molecule has 2 atom stereocenters. The maximum Gasteiger partial charge on any atom is 0.408 e. The number of rotatable bonds is 8. The Kier molecular flexibility index (Phi) is 9.54. The van der Waals surface area contributed by atoms with Gasteiger partial charge in [-0.05, 0) is 62.9 Å². The second kappa shape index (κ2) is 13.0. The summed E-state index contributed by atoms with van der Waals surface area (Å²) in [6.45, 7) is 18.4. The molecule has 4 heterocycles. The Bertz CT molecular complexity index is 1950. The van der Waals surface area contributed by atoms with E-state index < -0.39 is 55.5 Å². The van der Waals surface area contributed by atoms with E-state index in [0.717, 1.165) is 23.4 Å². The first-order valence-electron chi connectivity index (χ1n) is 16.9. The number of nitrogens with one attached hydrogen (secondary N) is 1. The van der Waals surface area contributed by atoms with Crippen molar-refractivity contribution in [2.24, 2.45) is 5.41 Å². The number of fused-ring (bicyclic) bond motifs is 5. The van der Waals surface area contributed by atoms with Gasteiger partial charge in [-0.2, -0.15) is 0 Å². The quantitative estimate of drug-likeness (QED) is 0.0956. The number of hydrogen-bond acceptors (Lipinski definition) is 10. The Morgan fingerprint density at radius 2 is 1.78 bits per heavy atom. The van der Waals surface area contributed by atoms with E-state index in [-0.39, 0.29) is 29.5 Å². The lowest BCUT2D eigenvalue weighted by atomic mass is 9.85. The molecule has 0 saturated heterocycles. The third-order valence-electron chi connectivity index (χ3n) is 9.08. The van der Waals surface area contributed by atoms with Crippen molar-refractivity contribution in [2.45, 2.75) is 111 Å². The second-order valence-electron chi connectivity index (χ2n) is 16.0. The Morgan fingerprint density at radius 1 is 1.08 bits per heavy atom. The predicted molar refractivity (Wildman–Crippen MR) is 189 cm³/mol. The number of carbonyl (C=O) groups excluding carboxylic acids is 4. The number of benzene rings is 1. The molecule has 0 spiro atoms. The minimum atomic E-state index is -2.50. The Labute approximate surface area is 292 Å². The number of ether oxygens (including phenoxy) is 4. The first-order valence-corrected chi connectivity index (χ1v) is 20.2. The second-order valence-corrected chi connectivity index (χ2v) is 21.0. The van der Waals surface area contributed by atoms with E-state index in [1.54, 1.807) is 56.5 Å². The highest BCUT2D eigenvalue weighted by molar-refractivity contribution is 6.78. The summed E-state index contributed by atoms with van der Waals surface area (Å²) in [4.78, 5) is 71.0. The number of cyclic esters (lactones) is 1. The number of aromatic nitrogens is 2. The van der Waals surface area contributed by atoms with Gasteiger partial charge in [-0.1, -0.05) is 53.3 Å². The largest absolute Gasteiger partial charge is 0.458 e. The van der Waals surface area contributed by atoms with Crippen LogP contribution >= 0.6 is 0 Å². The molecule has 2 aliphatic heterocycles. The van der Waals surface area contributed by atoms with Crippen LogP contribution in [0.2, 0.25) is 19.1 Å². The lowest BCUT2D eigenvalue weighted by Gasteiger charge is -2.43. The van der Waals surface area contributed by atoms with Gasteiger partial charge in [0.15, 0.2) is 0 Å². The van der Waals surface area contributed by atoms with E-state index >= 15 is 0 Å². The number of hydrogen-bond donors (Lipinski definition) is 1. The fourth-order valence-corrected chi connectivity index (χ4v) is 9.63. The molecule has 1 amide bonds. The van der Waals surface area contributed by atoms with Crippen molar-refractivity contribution in [1.82, 2.24) is 14.9 Å². The van der Waals surface area contributed by atoms with E-state index in [1.807, 2.05) is 6.07 Å². The third-order valence-corrected chi connectivity index (χ3v) is 12.4. The summed E-state index contributed by atoms with van der Waals surface area (Å²) in [5.74, 6) is -1.71. The average molecular weight is 706 g/mol. The van der Waals surface area contributed by atoms with Gasteiger partial charge >= 0.3 is 24.0 Å². The molecule has 268 valence electrons. The molecule has 2 unspecified atom stereocenters. The summed E-state index contributed by atoms with van der Waals surface area (Å²) in [5, 5.41) is 3.12. The lowest BCUT2D eigenvalue weighted by molar-refractivity contribution is -0.190. The Hall–Kier alpha value is -4.52. The monoisotopic (exact) mass is 705 g/mol. The highest BCUT2D eigenvalue weighted by atomic mass is 28.3. The molecule has 3 aromatic rings. The molecule has 50 heavy (non-hydrogen) atoms. The molecule has 5 rings (SSSR count). The number of alkyl carbamates (subject to hydrolysis) is 1. The summed E-state index contributed by atoms with van der Waals surface area (Å²) >= 11 is 0. The zero-order valence-electron chi connectivity index (χ0n) is 30.6. The minimum absolute atomic E-state index is 0.0203. The first-order chi connectivity index (χ1) is 23.1. The topological polar surface area (TPSA) is 152 Å². The fourth-order valence-electron chi connectivity index (χ4n) is 6.49. The maximum atomic E-state index is 14.7. The summed E-state index contributed by atoms with van der Waals surface area (Å²) < 4.78 is 24.3. The van der Waals surface area contributed by atoms with Gasteiger partial charge in [0.2, 0.25) is 5.60 Å². The van der Waals surface area contributed by atoms with Crippen molar-refractivity contribution < 1.29 is 38.1 Å². The zero-order valence-corrected chi connectivity index (χ0v) is 31.6. The van der Waals surface area contributed by atoms with Crippen LogP contribution in [0.3, 0.4) is 0 Å². The number of pyridine rings is 2. The molecule has 0 saturated carbocycles. The molecule has 2 aromatic heterocycles. The molecule has 0 fully saturated rings. The minimum Gasteiger partial charge on any atom is -0.458 e. The number of carbonyl (C=O) groups is 4. The predicted octanol–water partition coefficient (Wildman–Crippen LogP) is 6.31. The third kappa shape index (κ3) is 7.33. The molecule has 0 aliphatic carbocycles. The van der Waals surface area contributed by atoms with Gasteiger partial charge < -0.3 is 28.8 Å². The van der Waals surface area contributed by atoms with Crippen molar-refractivity contribution in [3.63, 3.8) is 0 Å². The van der Waals surface area contributed by atoms with Gasteiger partial charge in [-0.25, -0.2) is 14.6 Å². The molecule has 0 radical (unpaired) electrons. The van der Waals surface area contributed by atoms with Crippen LogP contribution in [0.5, 0.6) is 5.75 Å². The molecular weight excluding hydrogens is 659 g/mol. The molecule has 2 aliphatic rings. The van der Waals surface area contributed by atoms with Crippen molar-refractivity contribution in [1.29, 1.82) is 0 Å². The van der Waals surface area contributed by atoms with Crippen molar-refractivity contribution >= 4 is 43.0 Å². The Balaban J connectivity index is 1.63. The van der Waals surface area contributed by atoms with Crippen LogP contribution in [-0.2, 0) is 40.7 Å². The lowest BCUT2D eigenvalue weighted by Crippen LogP contribution is -2.54. The number of nitrogens with zero attached hydrogens (tertiary/aromatic N) is 2. The molecular formula is C37H47N3O9Si. The standard InChI is InChI=1S/C37H47N3O9Si/c1-11-37(48-28(42)19-38-34(45)49-36(6,7)8)25-18-27-30-23(16-22-17-24(46-21(2)41)12-13-26(22)39-30)20-40(27)31(43)29(25)32(47-33(37)44)50(9,10)15-14-35(3,4)5/h12-13,16-18,32H,11,14-15,19-20H2,1-10H3,(H,38,45). The van der Waals surface area contributed by atoms with Crippen LogP contribution < -0.4 is 15.6 Å². The van der Waals surface area contributed by atoms with Crippen molar-refractivity contribution in [3.8, 4) is 17.1 Å². The van der Waals surface area contributed by atoms with Gasteiger partial charge in [-0.3, -0.25) is 14.4 Å². The SMILES string of the molecule is CCC1(OC(=O)CNC(=O)OC(C)(C)C)C(=O)OC([Si](C)(C)CCC(C)(C)C)c2c1cc1n(c2=O)Cc2cc3cc(OC(C)=O)ccc3nc2-1. The van der Waals surface area contributed by atoms with Crippen molar-refractivity contribution in [3.05, 3.63) is 57.4 Å². The normalized spacial score (nSPS) is 18.4. The molecule has 1 aromatic carbocycles. The van der Waals surface area contributed by atoms with Crippen molar-refractivity contribution in [2.75, 3.05) is 6.54 Å². The highest BCUT2D eigenvalue weighted by Gasteiger charge is 2.56. The van der Waals surface area contributed by atoms with Gasteiger partial charge in [0, 0.05) is 23.4 Å². The van der Waals surface area contributed by atoms with Gasteiger partial charge in [0.1, 0.15) is 31.7 Å². The van der Waals surface area contributed by atoms with E-state index in [9.17, 15) is 24.0 Å². The van der Waals surface area contributed by atoms with E-state index in [0.29, 0.717) is 28.2 Å². The van der Waals surface area contributed by atoms with Crippen LogP contribution in [0.15, 0.2) is 35.1 Å². The number of esters is 3. The van der Waals surface area contributed by atoms with Gasteiger partial charge in [0.25, 0.3) is 5.56 Å². The zero-order chi connectivity index (χ0) is 37.0. The fraction of sp³-hybridized carbons (Fsp3) is 0.514. The van der Waals surface area contributed by atoms with Crippen LogP contribution in [0.4, 0.5) is 4.79 Å². The van der Waals surface area contributed by atoms with Crippen LogP contribution in [0, 0.1) is 5.41 Å². The first kappa shape index (κ1) is 36.7. The van der Waals surface area contributed by atoms with Crippen LogP contribution in [-0.4, -0.2) is 53.8 Å². The van der Waals surface area contributed by atoms with Crippen LogP contribution in [0.1, 0.15) is 90.6 Å². The number of amides is 1. The summed E-state index contributed by atoms with van der Waals surface area (Å²) in [6.07, 6.45) is 0.0287. The molecule has 0 bridgehead atoms. The average Bonchev–Trinajstić information content (AvgIpc) is 3.35. The summed E-state index contributed by atoms with van der Waals surface area (Å²) in [5.41, 5.74) is -0.827. The van der Waals surface area contributed by atoms with Crippen LogP contribution in [0.25, 0.3) is 22.3 Å². The molecule has 1 N–H and O–H groups in total. The van der Waals surface area contributed by atoms with Gasteiger partial charge in [0.05, 0.1) is 29.0 Å². The van der Waals surface area contributed by atoms with Gasteiger partial charge in [-0.15, -0.1) is 0 Å².